The quantitative estimate of drug-likeness (QED) is 0.361. The van der Waals surface area contributed by atoms with Crippen LogP contribution in [0.1, 0.15) is 65.2 Å². The van der Waals surface area contributed by atoms with Gasteiger partial charge in [0.15, 0.2) is 11.7 Å². The summed E-state index contributed by atoms with van der Waals surface area (Å²) in [5, 5.41) is 0. The second kappa shape index (κ2) is 9.34. The predicted molar refractivity (Wildman–Crippen MR) is 107 cm³/mol. The summed E-state index contributed by atoms with van der Waals surface area (Å²) in [7, 11) is 0. The maximum Gasteiger partial charge on any atom is 0.342 e. The van der Waals surface area contributed by atoms with E-state index in [4.69, 9.17) is 0 Å². The summed E-state index contributed by atoms with van der Waals surface area (Å²) >= 11 is 0. The molecule has 3 rings (SSSR count). The molecular weight excluding hydrogens is 440 g/mol. The van der Waals surface area contributed by atoms with Crippen LogP contribution in [0.3, 0.4) is 0 Å². The molecule has 0 spiro atoms. The van der Waals surface area contributed by atoms with Gasteiger partial charge in [0, 0.05) is 11.8 Å². The molecule has 8 heteroatoms. The molecule has 0 nitrogen and oxygen atoms in total. The standard InChI is InChI=1S/C24H28F8/c1-13-3-7-15(8-4-13)19(25)21(27)17-11-12-18(24(31,32)23(17,29)30)22(28)20(26)16-9-5-14(2)6-10-16/h11-16H,3-10H2,1-2H3/b21-19+,22-20+. The molecule has 3 aliphatic rings. The summed E-state index contributed by atoms with van der Waals surface area (Å²) in [4.78, 5) is 0. The van der Waals surface area contributed by atoms with Crippen LogP contribution in [0.15, 0.2) is 46.6 Å². The van der Waals surface area contributed by atoms with Gasteiger partial charge in [-0.2, -0.15) is 17.6 Å². The van der Waals surface area contributed by atoms with Gasteiger partial charge < -0.3 is 0 Å². The number of hydrogen-bond acceptors (Lipinski definition) is 0. The molecule has 180 valence electrons. The fourth-order valence-electron chi connectivity index (χ4n) is 4.78. The minimum atomic E-state index is -5.24. The van der Waals surface area contributed by atoms with Crippen molar-refractivity contribution in [2.75, 3.05) is 0 Å². The van der Waals surface area contributed by atoms with Gasteiger partial charge in [-0.15, -0.1) is 0 Å². The third-order valence-electron chi connectivity index (χ3n) is 7.13. The monoisotopic (exact) mass is 468 g/mol. The van der Waals surface area contributed by atoms with Crippen LogP contribution >= 0.6 is 0 Å². The van der Waals surface area contributed by atoms with Crippen molar-refractivity contribution in [2.24, 2.45) is 23.7 Å². The van der Waals surface area contributed by atoms with Gasteiger partial charge in [0.1, 0.15) is 11.7 Å². The summed E-state index contributed by atoms with van der Waals surface area (Å²) in [6.45, 7) is 3.85. The molecule has 0 N–H and O–H groups in total. The molecule has 0 aliphatic heterocycles. The highest BCUT2D eigenvalue weighted by Gasteiger charge is 2.64. The first-order valence-corrected chi connectivity index (χ1v) is 11.2. The number of hydrogen-bond donors (Lipinski definition) is 0. The van der Waals surface area contributed by atoms with Crippen molar-refractivity contribution in [1.82, 2.24) is 0 Å². The number of halogens is 8. The normalized spacial score (nSPS) is 34.2. The van der Waals surface area contributed by atoms with Crippen LogP contribution in [0.25, 0.3) is 0 Å². The Labute approximate surface area is 183 Å². The summed E-state index contributed by atoms with van der Waals surface area (Å²) in [6.07, 6.45) is 3.63. The smallest absolute Gasteiger partial charge is 0.208 e. The molecular formula is C24H28F8. The van der Waals surface area contributed by atoms with Crippen molar-refractivity contribution in [2.45, 2.75) is 77.1 Å². The lowest BCUT2D eigenvalue weighted by molar-refractivity contribution is -0.162. The van der Waals surface area contributed by atoms with E-state index in [1.165, 1.54) is 0 Å². The van der Waals surface area contributed by atoms with E-state index < -0.39 is 58.1 Å². The third-order valence-corrected chi connectivity index (χ3v) is 7.13. The van der Waals surface area contributed by atoms with Gasteiger partial charge >= 0.3 is 11.8 Å². The molecule has 32 heavy (non-hydrogen) atoms. The molecule has 0 heterocycles. The van der Waals surface area contributed by atoms with Gasteiger partial charge in [-0.25, -0.2) is 17.6 Å². The minimum absolute atomic E-state index is 0.222. The first-order chi connectivity index (χ1) is 14.9. The highest BCUT2D eigenvalue weighted by molar-refractivity contribution is 5.51. The van der Waals surface area contributed by atoms with Gasteiger partial charge in [0.2, 0.25) is 0 Å². The molecule has 0 atom stereocenters. The number of allylic oxidation sites excluding steroid dienone is 8. The van der Waals surface area contributed by atoms with E-state index in [9.17, 15) is 35.1 Å². The molecule has 0 unspecified atom stereocenters. The van der Waals surface area contributed by atoms with Gasteiger partial charge in [-0.3, -0.25) is 0 Å². The summed E-state index contributed by atoms with van der Waals surface area (Å²) in [5.41, 5.74) is -3.69. The van der Waals surface area contributed by atoms with E-state index in [0.717, 1.165) is 0 Å². The zero-order valence-corrected chi connectivity index (χ0v) is 18.1. The Morgan fingerprint density at radius 1 is 0.594 bits per heavy atom. The van der Waals surface area contributed by atoms with E-state index >= 15 is 0 Å². The van der Waals surface area contributed by atoms with E-state index in [0.29, 0.717) is 25.7 Å². The van der Waals surface area contributed by atoms with Crippen molar-refractivity contribution in [3.8, 4) is 0 Å². The fraction of sp³-hybridized carbons (Fsp3) is 0.667. The van der Waals surface area contributed by atoms with Gasteiger partial charge in [0.25, 0.3) is 0 Å². The maximum absolute atomic E-state index is 14.6. The van der Waals surface area contributed by atoms with Crippen LogP contribution in [0.5, 0.6) is 0 Å². The Morgan fingerprint density at radius 3 is 1.16 bits per heavy atom. The average molecular weight is 468 g/mol. The second-order valence-electron chi connectivity index (χ2n) is 9.55. The summed E-state index contributed by atoms with van der Waals surface area (Å²) in [6, 6.07) is 0. The first-order valence-electron chi connectivity index (χ1n) is 11.2. The summed E-state index contributed by atoms with van der Waals surface area (Å²) in [5.74, 6) is -18.9. The Bertz CT molecular complexity index is 762. The average Bonchev–Trinajstić information content (AvgIpc) is 2.74. The number of alkyl halides is 4. The Morgan fingerprint density at radius 2 is 0.875 bits per heavy atom. The number of rotatable bonds is 4. The van der Waals surface area contributed by atoms with Crippen LogP contribution in [-0.2, 0) is 0 Å². The lowest BCUT2D eigenvalue weighted by Crippen LogP contribution is -2.46. The third kappa shape index (κ3) is 4.56. The largest absolute Gasteiger partial charge is 0.342 e. The van der Waals surface area contributed by atoms with E-state index in [1.807, 2.05) is 13.8 Å². The minimum Gasteiger partial charge on any atom is -0.208 e. The Kier molecular flexibility index (Phi) is 7.30. The maximum atomic E-state index is 14.6. The lowest BCUT2D eigenvalue weighted by Gasteiger charge is -2.33. The van der Waals surface area contributed by atoms with Crippen molar-refractivity contribution in [1.29, 1.82) is 0 Å². The zero-order valence-electron chi connectivity index (χ0n) is 18.1. The molecule has 0 aromatic heterocycles. The molecule has 2 fully saturated rings. The topological polar surface area (TPSA) is 0 Å². The highest BCUT2D eigenvalue weighted by Crippen LogP contribution is 2.53. The highest BCUT2D eigenvalue weighted by atomic mass is 19.3. The van der Waals surface area contributed by atoms with Crippen LogP contribution in [-0.4, -0.2) is 11.8 Å². The van der Waals surface area contributed by atoms with Crippen LogP contribution in [0.4, 0.5) is 35.1 Å². The second-order valence-corrected chi connectivity index (χ2v) is 9.55. The fourth-order valence-corrected chi connectivity index (χ4v) is 4.78. The van der Waals surface area contributed by atoms with Gasteiger partial charge in [-0.05, 0) is 49.7 Å². The van der Waals surface area contributed by atoms with Gasteiger partial charge in [-0.1, -0.05) is 39.5 Å². The zero-order chi connectivity index (χ0) is 23.8. The predicted octanol–water partition coefficient (Wildman–Crippen LogP) is 9.08. The van der Waals surface area contributed by atoms with Crippen LogP contribution < -0.4 is 0 Å². The van der Waals surface area contributed by atoms with Gasteiger partial charge in [0.05, 0.1) is 11.1 Å². The summed E-state index contributed by atoms with van der Waals surface area (Å²) < 4.78 is 117. The molecule has 0 radical (unpaired) electrons. The van der Waals surface area contributed by atoms with E-state index in [1.54, 1.807) is 0 Å². The van der Waals surface area contributed by atoms with Crippen molar-refractivity contribution >= 4 is 0 Å². The molecule has 0 aromatic rings. The Balaban J connectivity index is 1.95. The molecule has 3 aliphatic carbocycles. The lowest BCUT2D eigenvalue weighted by atomic mass is 9.80. The SMILES string of the molecule is CC1CCC(/C(F)=C(\F)C2=CC=C(/C(F)=C(\F)C3CCC(C)CC3)C(F)(F)C2(F)F)CC1. The Hall–Kier alpha value is -1.60. The van der Waals surface area contributed by atoms with E-state index in [-0.39, 0.29) is 49.7 Å². The van der Waals surface area contributed by atoms with Crippen LogP contribution in [0.2, 0.25) is 0 Å². The molecule has 0 aromatic carbocycles. The molecule has 2 saturated carbocycles. The van der Waals surface area contributed by atoms with E-state index in [2.05, 4.69) is 0 Å². The molecule has 0 saturated heterocycles. The van der Waals surface area contributed by atoms with Crippen molar-refractivity contribution in [3.05, 3.63) is 46.6 Å². The van der Waals surface area contributed by atoms with Crippen molar-refractivity contribution < 1.29 is 35.1 Å². The molecule has 0 amide bonds. The first kappa shape index (κ1) is 25.0. The molecule has 0 bridgehead atoms. The van der Waals surface area contributed by atoms with Crippen molar-refractivity contribution in [3.63, 3.8) is 0 Å². The van der Waals surface area contributed by atoms with Crippen LogP contribution in [0, 0.1) is 23.7 Å².